The molecule has 1 N–H and O–H groups in total. The van der Waals surface area contributed by atoms with E-state index in [1.54, 1.807) is 0 Å². The lowest BCUT2D eigenvalue weighted by molar-refractivity contribution is -0.144. The fourth-order valence-corrected chi connectivity index (χ4v) is 1.64. The first kappa shape index (κ1) is 12.7. The van der Waals surface area contributed by atoms with Crippen LogP contribution in [0.1, 0.15) is 25.8 Å². The molecule has 16 heavy (non-hydrogen) atoms. The van der Waals surface area contributed by atoms with Crippen molar-refractivity contribution in [3.63, 3.8) is 0 Å². The Hall–Kier alpha value is -1.35. The van der Waals surface area contributed by atoms with Crippen LogP contribution in [0.15, 0.2) is 30.3 Å². The number of carbonyl (C=O) groups is 1. The van der Waals surface area contributed by atoms with Crippen molar-refractivity contribution in [3.05, 3.63) is 35.9 Å². The summed E-state index contributed by atoms with van der Waals surface area (Å²) in [7, 11) is 1.85. The molecule has 1 rings (SSSR count). The van der Waals surface area contributed by atoms with Gasteiger partial charge < -0.3 is 10.1 Å². The minimum Gasteiger partial charge on any atom is -0.466 e. The smallest absolute Gasteiger partial charge is 0.307 e. The molecule has 0 spiro atoms. The predicted molar refractivity (Wildman–Crippen MR) is 64.1 cm³/mol. The van der Waals surface area contributed by atoms with Gasteiger partial charge in [0.15, 0.2) is 0 Å². The molecule has 0 heterocycles. The van der Waals surface area contributed by atoms with Gasteiger partial charge in [0.1, 0.15) is 0 Å². The molecule has 1 atom stereocenters. The van der Waals surface area contributed by atoms with E-state index in [0.717, 1.165) is 5.56 Å². The third-order valence-electron chi connectivity index (χ3n) is 2.77. The molecule has 0 aliphatic heterocycles. The van der Waals surface area contributed by atoms with Crippen molar-refractivity contribution in [1.29, 1.82) is 0 Å². The largest absolute Gasteiger partial charge is 0.466 e. The van der Waals surface area contributed by atoms with Crippen molar-refractivity contribution in [2.45, 2.75) is 25.8 Å². The van der Waals surface area contributed by atoms with Crippen molar-refractivity contribution in [2.24, 2.45) is 0 Å². The molecule has 0 fully saturated rings. The van der Waals surface area contributed by atoms with Crippen LogP contribution in [0.25, 0.3) is 0 Å². The lowest BCUT2D eigenvalue weighted by Gasteiger charge is -2.28. The second-order valence-corrected chi connectivity index (χ2v) is 3.93. The number of nitrogens with one attached hydrogen (secondary N) is 1. The van der Waals surface area contributed by atoms with E-state index in [9.17, 15) is 4.79 Å². The Balaban J connectivity index is 2.82. The predicted octanol–water partition coefficient (Wildman–Crippen LogP) is 2.07. The number of carbonyl (C=O) groups excluding carboxylic acids is 1. The van der Waals surface area contributed by atoms with Crippen molar-refractivity contribution in [2.75, 3.05) is 13.7 Å². The zero-order chi connectivity index (χ0) is 12.0. The highest BCUT2D eigenvalue weighted by Gasteiger charge is 2.28. The zero-order valence-corrected chi connectivity index (χ0v) is 10.1. The summed E-state index contributed by atoms with van der Waals surface area (Å²) in [6, 6.07) is 9.92. The van der Waals surface area contributed by atoms with Crippen molar-refractivity contribution in [3.8, 4) is 0 Å². The first-order valence-corrected chi connectivity index (χ1v) is 5.52. The van der Waals surface area contributed by atoms with Gasteiger partial charge in [-0.2, -0.15) is 0 Å². The van der Waals surface area contributed by atoms with Crippen molar-refractivity contribution < 1.29 is 9.53 Å². The average molecular weight is 221 g/mol. The Kier molecular flexibility index (Phi) is 4.50. The maximum absolute atomic E-state index is 11.5. The van der Waals surface area contributed by atoms with Crippen LogP contribution in [0.2, 0.25) is 0 Å². The van der Waals surface area contributed by atoms with Gasteiger partial charge >= 0.3 is 5.97 Å². The number of rotatable bonds is 5. The summed E-state index contributed by atoms with van der Waals surface area (Å²) in [5.41, 5.74) is 0.721. The standard InChI is InChI=1S/C13H19NO2/c1-4-16-12(15)10-13(2,14-3)11-8-6-5-7-9-11/h5-9,14H,4,10H2,1-3H3. The van der Waals surface area contributed by atoms with Gasteiger partial charge in [0.25, 0.3) is 0 Å². The maximum Gasteiger partial charge on any atom is 0.307 e. The first-order valence-electron chi connectivity index (χ1n) is 5.52. The summed E-state index contributed by atoms with van der Waals surface area (Å²) >= 11 is 0. The topological polar surface area (TPSA) is 38.3 Å². The van der Waals surface area contributed by atoms with Gasteiger partial charge in [0, 0.05) is 0 Å². The van der Waals surface area contributed by atoms with E-state index in [-0.39, 0.29) is 11.5 Å². The molecular formula is C13H19NO2. The third-order valence-corrected chi connectivity index (χ3v) is 2.77. The highest BCUT2D eigenvalue weighted by Crippen LogP contribution is 2.24. The summed E-state index contributed by atoms with van der Waals surface area (Å²) in [4.78, 5) is 11.5. The monoisotopic (exact) mass is 221 g/mol. The van der Waals surface area contributed by atoms with Gasteiger partial charge in [-0.1, -0.05) is 30.3 Å². The summed E-state index contributed by atoms with van der Waals surface area (Å²) in [6.45, 7) is 4.24. The van der Waals surface area contributed by atoms with Crippen molar-refractivity contribution in [1.82, 2.24) is 5.32 Å². The second kappa shape index (κ2) is 5.66. The van der Waals surface area contributed by atoms with Gasteiger partial charge in [-0.25, -0.2) is 0 Å². The fourth-order valence-electron chi connectivity index (χ4n) is 1.64. The Morgan fingerprint density at radius 2 is 2.00 bits per heavy atom. The second-order valence-electron chi connectivity index (χ2n) is 3.93. The van der Waals surface area contributed by atoms with Gasteiger partial charge in [-0.05, 0) is 26.5 Å². The van der Waals surface area contributed by atoms with Crippen LogP contribution >= 0.6 is 0 Å². The van der Waals surface area contributed by atoms with E-state index >= 15 is 0 Å². The number of esters is 1. The lowest BCUT2D eigenvalue weighted by Crippen LogP contribution is -2.39. The molecule has 3 heteroatoms. The Morgan fingerprint density at radius 3 is 2.50 bits per heavy atom. The molecule has 0 bridgehead atoms. The molecule has 1 aromatic rings. The third kappa shape index (κ3) is 3.07. The Labute approximate surface area is 96.8 Å². The highest BCUT2D eigenvalue weighted by molar-refractivity contribution is 5.71. The fraction of sp³-hybridized carbons (Fsp3) is 0.462. The van der Waals surface area contributed by atoms with Gasteiger partial charge in [-0.3, -0.25) is 4.79 Å². The highest BCUT2D eigenvalue weighted by atomic mass is 16.5. The lowest BCUT2D eigenvalue weighted by atomic mass is 9.89. The quantitative estimate of drug-likeness (QED) is 0.774. The van der Waals surface area contributed by atoms with Crippen LogP contribution in [0.4, 0.5) is 0 Å². The molecule has 0 aliphatic carbocycles. The molecule has 0 radical (unpaired) electrons. The van der Waals surface area contributed by atoms with Crippen LogP contribution in [-0.4, -0.2) is 19.6 Å². The van der Waals surface area contributed by atoms with Crippen LogP contribution in [0.3, 0.4) is 0 Å². The van der Waals surface area contributed by atoms with E-state index in [2.05, 4.69) is 5.32 Å². The Morgan fingerprint density at radius 1 is 1.38 bits per heavy atom. The molecule has 0 aromatic heterocycles. The van der Waals surface area contributed by atoms with Gasteiger partial charge in [0.05, 0.1) is 18.6 Å². The number of ether oxygens (including phenoxy) is 1. The summed E-state index contributed by atoms with van der Waals surface area (Å²) < 4.78 is 4.98. The minimum absolute atomic E-state index is 0.178. The molecule has 0 saturated carbocycles. The van der Waals surface area contributed by atoms with Crippen molar-refractivity contribution >= 4 is 5.97 Å². The van der Waals surface area contributed by atoms with E-state index < -0.39 is 0 Å². The summed E-state index contributed by atoms with van der Waals surface area (Å²) in [6.07, 6.45) is 0.335. The van der Waals surface area contributed by atoms with Crippen LogP contribution in [0.5, 0.6) is 0 Å². The molecule has 0 saturated heterocycles. The van der Waals surface area contributed by atoms with E-state index in [4.69, 9.17) is 4.74 Å². The zero-order valence-electron chi connectivity index (χ0n) is 10.1. The summed E-state index contributed by atoms with van der Waals surface area (Å²) in [5, 5.41) is 3.18. The van der Waals surface area contributed by atoms with Crippen LogP contribution in [0, 0.1) is 0 Å². The SMILES string of the molecule is CCOC(=O)CC(C)(NC)c1ccccc1. The van der Waals surface area contributed by atoms with E-state index in [1.165, 1.54) is 0 Å². The first-order chi connectivity index (χ1) is 7.62. The minimum atomic E-state index is -0.368. The number of benzene rings is 1. The van der Waals surface area contributed by atoms with E-state index in [0.29, 0.717) is 13.0 Å². The summed E-state index contributed by atoms with van der Waals surface area (Å²) in [5.74, 6) is -0.178. The number of hydrogen-bond donors (Lipinski definition) is 1. The molecule has 0 aliphatic rings. The average Bonchev–Trinajstić information content (AvgIpc) is 2.30. The molecule has 1 unspecified atom stereocenters. The number of hydrogen-bond acceptors (Lipinski definition) is 3. The Bertz CT molecular complexity index is 337. The molecule has 3 nitrogen and oxygen atoms in total. The van der Waals surface area contributed by atoms with E-state index in [1.807, 2.05) is 51.2 Å². The van der Waals surface area contributed by atoms with Gasteiger partial charge in [0.2, 0.25) is 0 Å². The van der Waals surface area contributed by atoms with Crippen LogP contribution in [-0.2, 0) is 15.1 Å². The molecular weight excluding hydrogens is 202 g/mol. The van der Waals surface area contributed by atoms with Crippen LogP contribution < -0.4 is 5.32 Å². The van der Waals surface area contributed by atoms with Gasteiger partial charge in [-0.15, -0.1) is 0 Å². The normalized spacial score (nSPS) is 14.2. The molecule has 0 amide bonds. The maximum atomic E-state index is 11.5. The molecule has 1 aromatic carbocycles. The molecule has 88 valence electrons.